The Labute approximate surface area is 171 Å². The van der Waals surface area contributed by atoms with E-state index in [0.29, 0.717) is 24.0 Å². The number of carbonyl (C=O) groups excluding carboxylic acids is 1. The van der Waals surface area contributed by atoms with E-state index in [1.807, 2.05) is 60.7 Å². The molecule has 0 aromatic heterocycles. The molecule has 5 heteroatoms. The first-order valence-electron chi connectivity index (χ1n) is 9.65. The van der Waals surface area contributed by atoms with Crippen LogP contribution in [0.25, 0.3) is 6.08 Å². The summed E-state index contributed by atoms with van der Waals surface area (Å²) in [6, 6.07) is 17.6. The van der Waals surface area contributed by atoms with E-state index in [1.54, 1.807) is 4.90 Å². The Morgan fingerprint density at radius 2 is 1.82 bits per heavy atom. The maximum absolute atomic E-state index is 13.0. The van der Waals surface area contributed by atoms with Crippen molar-refractivity contribution in [1.82, 2.24) is 4.90 Å². The fourth-order valence-corrected chi connectivity index (χ4v) is 3.77. The number of thioether (sulfide) groups is 1. The number of ether oxygens (including phenoxy) is 1. The number of benzene rings is 2. The summed E-state index contributed by atoms with van der Waals surface area (Å²) in [4.78, 5) is 20.1. The standard InChI is InChI=1S/C23H26N2O2S/c1-4-14-25-22(26)21(28-23(25)24-19-11-6-5-7-12-19)15-18-10-8-9-13-20(18)27-16-17(2)3/h5-13,15,17H,4,14,16H2,1-3H3/b21-15+,24-23?. The summed E-state index contributed by atoms with van der Waals surface area (Å²) in [5.74, 6) is 1.24. The summed E-state index contributed by atoms with van der Waals surface area (Å²) < 4.78 is 5.93. The van der Waals surface area contributed by atoms with Crippen LogP contribution in [0.3, 0.4) is 0 Å². The second-order valence-electron chi connectivity index (χ2n) is 7.04. The Morgan fingerprint density at radius 3 is 2.54 bits per heavy atom. The SMILES string of the molecule is CCCN1C(=O)/C(=C\c2ccccc2OCC(C)C)SC1=Nc1ccccc1. The molecule has 2 aromatic rings. The topological polar surface area (TPSA) is 41.9 Å². The molecule has 146 valence electrons. The van der Waals surface area contributed by atoms with Crippen LogP contribution < -0.4 is 4.74 Å². The van der Waals surface area contributed by atoms with Crippen LogP contribution in [0, 0.1) is 5.92 Å². The molecule has 4 nitrogen and oxygen atoms in total. The zero-order valence-corrected chi connectivity index (χ0v) is 17.4. The Balaban J connectivity index is 1.90. The van der Waals surface area contributed by atoms with Crippen molar-refractivity contribution in [3.63, 3.8) is 0 Å². The molecular formula is C23H26N2O2S. The molecule has 1 saturated heterocycles. The molecule has 1 fully saturated rings. The quantitative estimate of drug-likeness (QED) is 0.563. The minimum atomic E-state index is 0.000179. The first-order valence-corrected chi connectivity index (χ1v) is 10.5. The number of para-hydroxylation sites is 2. The van der Waals surface area contributed by atoms with Crippen LogP contribution in [0.4, 0.5) is 5.69 Å². The average molecular weight is 395 g/mol. The third-order valence-corrected chi connectivity index (χ3v) is 5.10. The minimum Gasteiger partial charge on any atom is -0.493 e. The number of hydrogen-bond donors (Lipinski definition) is 0. The monoisotopic (exact) mass is 394 g/mol. The molecule has 0 atom stereocenters. The Morgan fingerprint density at radius 1 is 1.11 bits per heavy atom. The number of amidine groups is 1. The summed E-state index contributed by atoms with van der Waals surface area (Å²) >= 11 is 1.42. The second-order valence-corrected chi connectivity index (χ2v) is 8.05. The Hall–Kier alpha value is -2.53. The molecule has 0 unspecified atom stereocenters. The Bertz CT molecular complexity index is 875. The van der Waals surface area contributed by atoms with Gasteiger partial charge in [0, 0.05) is 12.1 Å². The summed E-state index contributed by atoms with van der Waals surface area (Å²) in [6.07, 6.45) is 2.79. The molecule has 0 aliphatic carbocycles. The van der Waals surface area contributed by atoms with Crippen molar-refractivity contribution in [2.75, 3.05) is 13.2 Å². The molecule has 0 spiro atoms. The molecule has 28 heavy (non-hydrogen) atoms. The van der Waals surface area contributed by atoms with E-state index in [2.05, 4.69) is 20.8 Å². The van der Waals surface area contributed by atoms with E-state index >= 15 is 0 Å². The maximum atomic E-state index is 13.0. The third-order valence-electron chi connectivity index (χ3n) is 4.09. The van der Waals surface area contributed by atoms with Gasteiger partial charge in [-0.3, -0.25) is 9.69 Å². The fourth-order valence-electron chi connectivity index (χ4n) is 2.75. The lowest BCUT2D eigenvalue weighted by atomic mass is 10.1. The van der Waals surface area contributed by atoms with Crippen molar-refractivity contribution >= 4 is 34.6 Å². The van der Waals surface area contributed by atoms with Gasteiger partial charge < -0.3 is 4.74 Å². The van der Waals surface area contributed by atoms with Gasteiger partial charge in [-0.2, -0.15) is 0 Å². The van der Waals surface area contributed by atoms with Crippen LogP contribution in [-0.2, 0) is 4.79 Å². The van der Waals surface area contributed by atoms with Crippen LogP contribution in [0.5, 0.6) is 5.75 Å². The van der Waals surface area contributed by atoms with Crippen LogP contribution >= 0.6 is 11.8 Å². The fraction of sp³-hybridized carbons (Fsp3) is 0.304. The van der Waals surface area contributed by atoms with Crippen molar-refractivity contribution in [3.05, 3.63) is 65.1 Å². The van der Waals surface area contributed by atoms with Gasteiger partial charge in [-0.15, -0.1) is 0 Å². The molecule has 0 saturated carbocycles. The molecule has 0 N–H and O–H groups in total. The van der Waals surface area contributed by atoms with Crippen molar-refractivity contribution in [3.8, 4) is 5.75 Å². The van der Waals surface area contributed by atoms with E-state index in [1.165, 1.54) is 11.8 Å². The lowest BCUT2D eigenvalue weighted by Gasteiger charge is -2.14. The van der Waals surface area contributed by atoms with Crippen LogP contribution in [0.2, 0.25) is 0 Å². The van der Waals surface area contributed by atoms with Gasteiger partial charge in [0.1, 0.15) is 5.75 Å². The van der Waals surface area contributed by atoms with E-state index in [4.69, 9.17) is 9.73 Å². The van der Waals surface area contributed by atoms with E-state index in [-0.39, 0.29) is 5.91 Å². The molecule has 1 aliphatic heterocycles. The van der Waals surface area contributed by atoms with Crippen molar-refractivity contribution < 1.29 is 9.53 Å². The zero-order valence-electron chi connectivity index (χ0n) is 16.6. The highest BCUT2D eigenvalue weighted by atomic mass is 32.2. The molecule has 0 radical (unpaired) electrons. The van der Waals surface area contributed by atoms with Gasteiger partial charge >= 0.3 is 0 Å². The van der Waals surface area contributed by atoms with Gasteiger partial charge in [0.2, 0.25) is 0 Å². The van der Waals surface area contributed by atoms with E-state index < -0.39 is 0 Å². The molecule has 2 aromatic carbocycles. The number of hydrogen-bond acceptors (Lipinski definition) is 4. The van der Waals surface area contributed by atoms with Crippen molar-refractivity contribution in [2.24, 2.45) is 10.9 Å². The molecule has 1 amide bonds. The lowest BCUT2D eigenvalue weighted by Crippen LogP contribution is -2.29. The number of aliphatic imine (C=N–C) groups is 1. The molecule has 1 heterocycles. The highest BCUT2D eigenvalue weighted by molar-refractivity contribution is 8.18. The molecule has 1 aliphatic rings. The molecule has 3 rings (SSSR count). The largest absolute Gasteiger partial charge is 0.493 e. The van der Waals surface area contributed by atoms with Gasteiger partial charge in [0.05, 0.1) is 17.2 Å². The predicted octanol–water partition coefficient (Wildman–Crippen LogP) is 5.74. The number of amides is 1. The number of carbonyl (C=O) groups is 1. The molecular weight excluding hydrogens is 368 g/mol. The van der Waals surface area contributed by atoms with Gasteiger partial charge in [-0.05, 0) is 48.4 Å². The van der Waals surface area contributed by atoms with E-state index in [9.17, 15) is 4.79 Å². The predicted molar refractivity (Wildman–Crippen MR) is 118 cm³/mol. The summed E-state index contributed by atoms with van der Waals surface area (Å²) in [5.41, 5.74) is 1.76. The first kappa shape index (κ1) is 20.2. The summed E-state index contributed by atoms with van der Waals surface area (Å²) in [5, 5.41) is 0.727. The maximum Gasteiger partial charge on any atom is 0.266 e. The van der Waals surface area contributed by atoms with Gasteiger partial charge in [-0.1, -0.05) is 57.2 Å². The van der Waals surface area contributed by atoms with Gasteiger partial charge in [0.15, 0.2) is 5.17 Å². The van der Waals surface area contributed by atoms with Gasteiger partial charge in [0.25, 0.3) is 5.91 Å². The second kappa shape index (κ2) is 9.60. The summed E-state index contributed by atoms with van der Waals surface area (Å²) in [7, 11) is 0. The third kappa shape index (κ3) is 5.04. The summed E-state index contributed by atoms with van der Waals surface area (Å²) in [6.45, 7) is 7.60. The van der Waals surface area contributed by atoms with Crippen LogP contribution in [0.1, 0.15) is 32.8 Å². The average Bonchev–Trinajstić information content (AvgIpc) is 2.97. The van der Waals surface area contributed by atoms with Crippen molar-refractivity contribution in [2.45, 2.75) is 27.2 Å². The normalized spacial score (nSPS) is 17.1. The minimum absolute atomic E-state index is 0.000179. The highest BCUT2D eigenvalue weighted by Gasteiger charge is 2.32. The smallest absolute Gasteiger partial charge is 0.266 e. The Kier molecular flexibility index (Phi) is 6.93. The van der Waals surface area contributed by atoms with Crippen LogP contribution in [0.15, 0.2) is 64.5 Å². The van der Waals surface area contributed by atoms with E-state index in [0.717, 1.165) is 28.6 Å². The highest BCUT2D eigenvalue weighted by Crippen LogP contribution is 2.35. The van der Waals surface area contributed by atoms with Crippen molar-refractivity contribution in [1.29, 1.82) is 0 Å². The zero-order chi connectivity index (χ0) is 19.9. The van der Waals surface area contributed by atoms with Gasteiger partial charge in [-0.25, -0.2) is 4.99 Å². The first-order chi connectivity index (χ1) is 13.6. The number of rotatable bonds is 7. The lowest BCUT2D eigenvalue weighted by molar-refractivity contribution is -0.122. The van der Waals surface area contributed by atoms with Crippen LogP contribution in [-0.4, -0.2) is 29.1 Å². The molecule has 0 bridgehead atoms. The number of nitrogens with zero attached hydrogens (tertiary/aromatic N) is 2.